The van der Waals surface area contributed by atoms with Crippen molar-refractivity contribution in [2.75, 3.05) is 0 Å². The van der Waals surface area contributed by atoms with Crippen LogP contribution in [0.3, 0.4) is 0 Å². The maximum absolute atomic E-state index is 12.0. The third kappa shape index (κ3) is 4.73. The van der Waals surface area contributed by atoms with Gasteiger partial charge in [0, 0.05) is 19.3 Å². The fourth-order valence-corrected chi connectivity index (χ4v) is 4.21. The highest BCUT2D eigenvalue weighted by Gasteiger charge is 2.40. The van der Waals surface area contributed by atoms with Crippen molar-refractivity contribution >= 4 is 5.97 Å². The Balaban J connectivity index is 1.80. The number of hydrogen-bond donors (Lipinski definition) is 0. The molecule has 0 amide bonds. The molecule has 0 bridgehead atoms. The summed E-state index contributed by atoms with van der Waals surface area (Å²) in [6.45, 7) is 2.12. The van der Waals surface area contributed by atoms with Gasteiger partial charge in [0.15, 0.2) is 5.60 Å². The molecule has 2 fully saturated rings. The van der Waals surface area contributed by atoms with Crippen LogP contribution in [0.15, 0.2) is 0 Å². The van der Waals surface area contributed by atoms with Gasteiger partial charge < -0.3 is 4.74 Å². The summed E-state index contributed by atoms with van der Waals surface area (Å²) in [5.41, 5.74) is -0.825. The van der Waals surface area contributed by atoms with Gasteiger partial charge in [-0.05, 0) is 31.1 Å². The summed E-state index contributed by atoms with van der Waals surface area (Å²) in [5, 5.41) is 9.53. The van der Waals surface area contributed by atoms with E-state index in [0.717, 1.165) is 56.8 Å². The number of esters is 1. The SMILES string of the molecule is CCCCCC(=O)OC1(C#N)CCC(C2CCCCC2)CC1. The van der Waals surface area contributed by atoms with E-state index in [0.29, 0.717) is 6.42 Å². The number of unbranched alkanes of at least 4 members (excludes halogenated alkanes) is 2. The van der Waals surface area contributed by atoms with Gasteiger partial charge in [-0.25, -0.2) is 0 Å². The van der Waals surface area contributed by atoms with Crippen LogP contribution in [0.2, 0.25) is 0 Å². The van der Waals surface area contributed by atoms with Crippen LogP contribution in [0.5, 0.6) is 0 Å². The number of carbonyl (C=O) groups is 1. The Kier molecular flexibility index (Phi) is 6.73. The maximum atomic E-state index is 12.0. The fraction of sp³-hybridized carbons (Fsp3) is 0.895. The van der Waals surface area contributed by atoms with Crippen LogP contribution >= 0.6 is 0 Å². The van der Waals surface area contributed by atoms with Crippen molar-refractivity contribution in [2.24, 2.45) is 11.8 Å². The van der Waals surface area contributed by atoms with E-state index in [1.54, 1.807) is 0 Å². The van der Waals surface area contributed by atoms with Crippen LogP contribution in [-0.2, 0) is 9.53 Å². The molecule has 0 aromatic carbocycles. The average Bonchev–Trinajstić information content (AvgIpc) is 2.56. The van der Waals surface area contributed by atoms with Gasteiger partial charge in [-0.3, -0.25) is 4.79 Å². The molecule has 2 aliphatic carbocycles. The molecule has 2 saturated carbocycles. The molecule has 0 aliphatic heterocycles. The van der Waals surface area contributed by atoms with Crippen LogP contribution in [0, 0.1) is 23.2 Å². The van der Waals surface area contributed by atoms with Crippen LogP contribution in [0.25, 0.3) is 0 Å². The summed E-state index contributed by atoms with van der Waals surface area (Å²) in [6, 6.07) is 2.32. The number of ether oxygens (including phenoxy) is 1. The predicted molar refractivity (Wildman–Crippen MR) is 87.1 cm³/mol. The van der Waals surface area contributed by atoms with E-state index >= 15 is 0 Å². The van der Waals surface area contributed by atoms with Crippen LogP contribution < -0.4 is 0 Å². The van der Waals surface area contributed by atoms with Crippen LogP contribution in [0.4, 0.5) is 0 Å². The summed E-state index contributed by atoms with van der Waals surface area (Å²) in [6.07, 6.45) is 13.9. The third-order valence-electron chi connectivity index (χ3n) is 5.65. The van der Waals surface area contributed by atoms with Gasteiger partial charge in [-0.15, -0.1) is 0 Å². The zero-order chi connectivity index (χ0) is 15.8. The first-order valence-electron chi connectivity index (χ1n) is 9.32. The van der Waals surface area contributed by atoms with Gasteiger partial charge in [0.25, 0.3) is 0 Å². The first-order valence-corrected chi connectivity index (χ1v) is 9.32. The van der Waals surface area contributed by atoms with Crippen molar-refractivity contribution in [3.8, 4) is 6.07 Å². The minimum atomic E-state index is -0.825. The van der Waals surface area contributed by atoms with Crippen LogP contribution in [0.1, 0.15) is 90.4 Å². The Hall–Kier alpha value is -1.04. The highest BCUT2D eigenvalue weighted by Crippen LogP contribution is 2.42. The lowest BCUT2D eigenvalue weighted by molar-refractivity contribution is -0.158. The lowest BCUT2D eigenvalue weighted by Crippen LogP contribution is -2.39. The van der Waals surface area contributed by atoms with Crippen molar-refractivity contribution in [3.63, 3.8) is 0 Å². The molecule has 2 aliphatic rings. The van der Waals surface area contributed by atoms with E-state index in [4.69, 9.17) is 4.74 Å². The molecular formula is C19H31NO2. The lowest BCUT2D eigenvalue weighted by atomic mass is 9.70. The molecule has 0 spiro atoms. The quantitative estimate of drug-likeness (QED) is 0.504. The normalized spacial score (nSPS) is 29.7. The lowest BCUT2D eigenvalue weighted by Gasteiger charge is -2.39. The van der Waals surface area contributed by atoms with E-state index in [-0.39, 0.29) is 5.97 Å². The van der Waals surface area contributed by atoms with E-state index in [9.17, 15) is 10.1 Å². The Bertz CT molecular complexity index is 385. The molecule has 0 aromatic heterocycles. The molecule has 22 heavy (non-hydrogen) atoms. The average molecular weight is 305 g/mol. The Morgan fingerprint density at radius 3 is 2.32 bits per heavy atom. The van der Waals surface area contributed by atoms with E-state index < -0.39 is 5.60 Å². The van der Waals surface area contributed by atoms with E-state index in [2.05, 4.69) is 13.0 Å². The Morgan fingerprint density at radius 1 is 1.09 bits per heavy atom. The van der Waals surface area contributed by atoms with E-state index in [1.165, 1.54) is 32.1 Å². The molecule has 0 atom stereocenters. The van der Waals surface area contributed by atoms with Crippen molar-refractivity contribution in [2.45, 2.75) is 96.0 Å². The predicted octanol–water partition coefficient (Wildman–Crippen LogP) is 5.14. The van der Waals surface area contributed by atoms with Crippen LogP contribution in [-0.4, -0.2) is 11.6 Å². The zero-order valence-corrected chi connectivity index (χ0v) is 14.1. The summed E-state index contributed by atoms with van der Waals surface area (Å²) in [4.78, 5) is 12.0. The first-order chi connectivity index (χ1) is 10.7. The second kappa shape index (κ2) is 8.56. The van der Waals surface area contributed by atoms with Gasteiger partial charge in [0.2, 0.25) is 0 Å². The summed E-state index contributed by atoms with van der Waals surface area (Å²) < 4.78 is 5.61. The van der Waals surface area contributed by atoms with Gasteiger partial charge in [-0.2, -0.15) is 5.26 Å². The van der Waals surface area contributed by atoms with E-state index in [1.807, 2.05) is 0 Å². The topological polar surface area (TPSA) is 50.1 Å². The largest absolute Gasteiger partial charge is 0.444 e. The molecular weight excluding hydrogens is 274 g/mol. The standard InChI is InChI=1S/C19H31NO2/c1-2-3-5-10-18(21)22-19(15-20)13-11-17(12-14-19)16-8-6-4-7-9-16/h16-17H,2-14H2,1H3. The number of carbonyl (C=O) groups excluding carboxylic acids is 1. The second-order valence-electron chi connectivity index (χ2n) is 7.27. The number of hydrogen-bond acceptors (Lipinski definition) is 3. The smallest absolute Gasteiger partial charge is 0.307 e. The summed E-state index contributed by atoms with van der Waals surface area (Å²) >= 11 is 0. The van der Waals surface area contributed by atoms with Gasteiger partial charge >= 0.3 is 5.97 Å². The molecule has 3 nitrogen and oxygen atoms in total. The van der Waals surface area contributed by atoms with Gasteiger partial charge in [0.05, 0.1) is 0 Å². The number of nitriles is 1. The zero-order valence-electron chi connectivity index (χ0n) is 14.1. The molecule has 0 heterocycles. The Morgan fingerprint density at radius 2 is 1.73 bits per heavy atom. The Labute approximate surface area is 135 Å². The van der Waals surface area contributed by atoms with Crippen molar-refractivity contribution in [1.29, 1.82) is 5.26 Å². The summed E-state index contributed by atoms with van der Waals surface area (Å²) in [7, 11) is 0. The molecule has 2 rings (SSSR count). The molecule has 124 valence electrons. The van der Waals surface area contributed by atoms with Gasteiger partial charge in [-0.1, -0.05) is 51.9 Å². The molecule has 0 unspecified atom stereocenters. The number of nitrogens with zero attached hydrogens (tertiary/aromatic N) is 1. The second-order valence-corrected chi connectivity index (χ2v) is 7.27. The molecule has 0 aromatic rings. The van der Waals surface area contributed by atoms with Crippen molar-refractivity contribution < 1.29 is 9.53 Å². The maximum Gasteiger partial charge on any atom is 0.307 e. The van der Waals surface area contributed by atoms with Crippen molar-refractivity contribution in [1.82, 2.24) is 0 Å². The molecule has 0 N–H and O–H groups in total. The molecule has 3 heteroatoms. The summed E-state index contributed by atoms with van der Waals surface area (Å²) in [5.74, 6) is 1.43. The van der Waals surface area contributed by atoms with Gasteiger partial charge in [0.1, 0.15) is 6.07 Å². The minimum absolute atomic E-state index is 0.175. The minimum Gasteiger partial charge on any atom is -0.444 e. The number of rotatable bonds is 6. The molecule has 0 radical (unpaired) electrons. The highest BCUT2D eigenvalue weighted by atomic mass is 16.6. The third-order valence-corrected chi connectivity index (χ3v) is 5.65. The molecule has 0 saturated heterocycles. The highest BCUT2D eigenvalue weighted by molar-refractivity contribution is 5.70. The van der Waals surface area contributed by atoms with Crippen molar-refractivity contribution in [3.05, 3.63) is 0 Å². The fourth-order valence-electron chi connectivity index (χ4n) is 4.21. The monoisotopic (exact) mass is 305 g/mol. The first kappa shape index (κ1) is 17.3.